The molecule has 2 heterocycles. The highest BCUT2D eigenvalue weighted by atomic mass is 16.5. The Kier molecular flexibility index (Phi) is 4.93. The van der Waals surface area contributed by atoms with Gasteiger partial charge >= 0.3 is 6.03 Å². The van der Waals surface area contributed by atoms with Crippen molar-refractivity contribution in [3.05, 3.63) is 18.1 Å². The fourth-order valence-corrected chi connectivity index (χ4v) is 2.20. The summed E-state index contributed by atoms with van der Waals surface area (Å²) in [6.07, 6.45) is 4.46. The first-order valence-electron chi connectivity index (χ1n) is 7.03. The highest BCUT2D eigenvalue weighted by Crippen LogP contribution is 2.18. The Labute approximate surface area is 123 Å². The fourth-order valence-electron chi connectivity index (χ4n) is 2.20. The van der Waals surface area contributed by atoms with Crippen LogP contribution in [-0.4, -0.2) is 46.1 Å². The highest BCUT2D eigenvalue weighted by molar-refractivity contribution is 5.74. The van der Waals surface area contributed by atoms with Crippen molar-refractivity contribution in [2.45, 2.75) is 38.8 Å². The van der Waals surface area contributed by atoms with Gasteiger partial charge in [0.15, 0.2) is 0 Å². The number of urea groups is 1. The summed E-state index contributed by atoms with van der Waals surface area (Å²) >= 11 is 0. The SMILES string of the molecule is CC(C)NC(=O)N1CCCC(Oc2nccnc2C#N)C1. The van der Waals surface area contributed by atoms with Crippen molar-refractivity contribution in [2.75, 3.05) is 13.1 Å². The fraction of sp³-hybridized carbons (Fsp3) is 0.571. The van der Waals surface area contributed by atoms with Gasteiger partial charge in [-0.05, 0) is 26.7 Å². The predicted molar refractivity (Wildman–Crippen MR) is 75.6 cm³/mol. The lowest BCUT2D eigenvalue weighted by Gasteiger charge is -2.33. The summed E-state index contributed by atoms with van der Waals surface area (Å²) in [6.45, 7) is 5.05. The molecule has 0 radical (unpaired) electrons. The molecule has 1 saturated heterocycles. The maximum absolute atomic E-state index is 12.0. The predicted octanol–water partition coefficient (Wildman–Crippen LogP) is 1.31. The average molecular weight is 289 g/mol. The van der Waals surface area contributed by atoms with Gasteiger partial charge in [-0.3, -0.25) is 0 Å². The second kappa shape index (κ2) is 6.88. The quantitative estimate of drug-likeness (QED) is 0.905. The summed E-state index contributed by atoms with van der Waals surface area (Å²) in [5.74, 6) is 0.233. The Morgan fingerprint density at radius 1 is 1.52 bits per heavy atom. The second-order valence-electron chi connectivity index (χ2n) is 5.25. The molecule has 0 saturated carbocycles. The van der Waals surface area contributed by atoms with Crippen molar-refractivity contribution >= 4 is 6.03 Å². The number of carbonyl (C=O) groups is 1. The van der Waals surface area contributed by atoms with Crippen molar-refractivity contribution in [2.24, 2.45) is 0 Å². The highest BCUT2D eigenvalue weighted by Gasteiger charge is 2.26. The zero-order valence-corrected chi connectivity index (χ0v) is 12.2. The third-order valence-corrected chi connectivity index (χ3v) is 3.13. The van der Waals surface area contributed by atoms with Crippen molar-refractivity contribution in [3.8, 4) is 11.9 Å². The molecule has 1 aromatic heterocycles. The summed E-state index contributed by atoms with van der Waals surface area (Å²) in [4.78, 5) is 21.7. The number of hydrogen-bond donors (Lipinski definition) is 1. The largest absolute Gasteiger partial charge is 0.470 e. The topological polar surface area (TPSA) is 91.1 Å². The number of nitriles is 1. The Balaban J connectivity index is 1.98. The van der Waals surface area contributed by atoms with Crippen LogP contribution in [0.15, 0.2) is 12.4 Å². The molecule has 0 spiro atoms. The first kappa shape index (κ1) is 15.0. The number of ether oxygens (including phenoxy) is 1. The van der Waals surface area contributed by atoms with Crippen LogP contribution in [0.1, 0.15) is 32.4 Å². The van der Waals surface area contributed by atoms with E-state index in [1.165, 1.54) is 12.4 Å². The first-order valence-corrected chi connectivity index (χ1v) is 7.03. The van der Waals surface area contributed by atoms with Crippen LogP contribution < -0.4 is 10.1 Å². The second-order valence-corrected chi connectivity index (χ2v) is 5.25. The lowest BCUT2D eigenvalue weighted by molar-refractivity contribution is 0.0965. The molecule has 2 amide bonds. The van der Waals surface area contributed by atoms with Crippen molar-refractivity contribution in [3.63, 3.8) is 0 Å². The molecule has 1 atom stereocenters. The van der Waals surface area contributed by atoms with Gasteiger partial charge in [0.25, 0.3) is 5.88 Å². The van der Waals surface area contributed by atoms with Gasteiger partial charge in [0.05, 0.1) is 6.54 Å². The lowest BCUT2D eigenvalue weighted by atomic mass is 10.1. The molecule has 21 heavy (non-hydrogen) atoms. The molecule has 7 nitrogen and oxygen atoms in total. The molecule has 7 heteroatoms. The van der Waals surface area contributed by atoms with Crippen LogP contribution in [0.5, 0.6) is 5.88 Å². The molecule has 0 aromatic carbocycles. The number of hydrogen-bond acceptors (Lipinski definition) is 5. The normalized spacial score (nSPS) is 18.2. The molecule has 1 N–H and O–H groups in total. The number of aromatic nitrogens is 2. The first-order chi connectivity index (χ1) is 10.1. The van der Waals surface area contributed by atoms with E-state index < -0.39 is 0 Å². The smallest absolute Gasteiger partial charge is 0.317 e. The van der Waals surface area contributed by atoms with Crippen LogP contribution in [0.3, 0.4) is 0 Å². The molecule has 1 aliphatic heterocycles. The monoisotopic (exact) mass is 289 g/mol. The molecule has 1 fully saturated rings. The average Bonchev–Trinajstić information content (AvgIpc) is 2.47. The van der Waals surface area contributed by atoms with E-state index in [0.29, 0.717) is 13.1 Å². The van der Waals surface area contributed by atoms with Crippen LogP contribution in [0.2, 0.25) is 0 Å². The van der Waals surface area contributed by atoms with Crippen LogP contribution in [0.4, 0.5) is 4.79 Å². The van der Waals surface area contributed by atoms with Crippen molar-refractivity contribution in [1.29, 1.82) is 5.26 Å². The van der Waals surface area contributed by atoms with E-state index in [4.69, 9.17) is 10.00 Å². The third-order valence-electron chi connectivity index (χ3n) is 3.13. The zero-order valence-electron chi connectivity index (χ0n) is 12.2. The number of nitrogens with zero attached hydrogens (tertiary/aromatic N) is 4. The Bertz CT molecular complexity index is 540. The number of carbonyl (C=O) groups excluding carboxylic acids is 1. The van der Waals surface area contributed by atoms with Gasteiger partial charge in [0, 0.05) is 25.0 Å². The zero-order chi connectivity index (χ0) is 15.2. The summed E-state index contributed by atoms with van der Waals surface area (Å²) in [6, 6.07) is 1.97. The number of likely N-dealkylation sites (tertiary alicyclic amines) is 1. The van der Waals surface area contributed by atoms with Gasteiger partial charge < -0.3 is 15.0 Å². The van der Waals surface area contributed by atoms with E-state index in [1.54, 1.807) is 4.90 Å². The van der Waals surface area contributed by atoms with Gasteiger partial charge in [-0.2, -0.15) is 5.26 Å². The Morgan fingerprint density at radius 2 is 2.29 bits per heavy atom. The van der Waals surface area contributed by atoms with Gasteiger partial charge in [0.2, 0.25) is 5.69 Å². The van der Waals surface area contributed by atoms with E-state index in [1.807, 2.05) is 19.9 Å². The van der Waals surface area contributed by atoms with Gasteiger partial charge in [-0.25, -0.2) is 14.8 Å². The lowest BCUT2D eigenvalue weighted by Crippen LogP contribution is -2.50. The molecule has 0 bridgehead atoms. The molecule has 1 aromatic rings. The number of nitrogens with one attached hydrogen (secondary N) is 1. The maximum Gasteiger partial charge on any atom is 0.317 e. The molecule has 112 valence electrons. The van der Waals surface area contributed by atoms with Crippen LogP contribution in [0, 0.1) is 11.3 Å². The van der Waals surface area contributed by atoms with E-state index in [9.17, 15) is 4.79 Å². The van der Waals surface area contributed by atoms with E-state index in [0.717, 1.165) is 12.8 Å². The summed E-state index contributed by atoms with van der Waals surface area (Å²) in [5.41, 5.74) is 0.168. The van der Waals surface area contributed by atoms with E-state index in [2.05, 4.69) is 15.3 Å². The Hall–Kier alpha value is -2.36. The number of piperidine rings is 1. The summed E-state index contributed by atoms with van der Waals surface area (Å²) in [7, 11) is 0. The van der Waals surface area contributed by atoms with Crippen LogP contribution >= 0.6 is 0 Å². The van der Waals surface area contributed by atoms with Crippen LogP contribution in [0.25, 0.3) is 0 Å². The molecule has 0 aliphatic carbocycles. The number of amides is 2. The minimum atomic E-state index is -0.166. The minimum Gasteiger partial charge on any atom is -0.470 e. The van der Waals surface area contributed by atoms with E-state index >= 15 is 0 Å². The van der Waals surface area contributed by atoms with Gasteiger partial charge in [-0.1, -0.05) is 0 Å². The molecular formula is C14H19N5O2. The third kappa shape index (κ3) is 4.05. The standard InChI is InChI=1S/C14H19N5O2/c1-10(2)18-14(20)19-7-3-4-11(9-19)21-13-12(8-15)16-5-6-17-13/h5-6,10-11H,3-4,7,9H2,1-2H3,(H,18,20). The summed E-state index contributed by atoms with van der Waals surface area (Å²) < 4.78 is 5.74. The van der Waals surface area contributed by atoms with E-state index in [-0.39, 0.29) is 29.8 Å². The molecule has 2 rings (SSSR count). The maximum atomic E-state index is 12.0. The van der Waals surface area contributed by atoms with Crippen molar-refractivity contribution in [1.82, 2.24) is 20.2 Å². The van der Waals surface area contributed by atoms with Gasteiger partial charge in [0.1, 0.15) is 12.2 Å². The minimum absolute atomic E-state index is 0.0852. The molecule has 1 aliphatic rings. The Morgan fingerprint density at radius 3 is 3.00 bits per heavy atom. The summed E-state index contributed by atoms with van der Waals surface area (Å²) in [5, 5.41) is 11.9. The molecular weight excluding hydrogens is 270 g/mol. The van der Waals surface area contributed by atoms with Crippen molar-refractivity contribution < 1.29 is 9.53 Å². The van der Waals surface area contributed by atoms with Gasteiger partial charge in [-0.15, -0.1) is 0 Å². The number of rotatable bonds is 3. The molecule has 1 unspecified atom stereocenters. The van der Waals surface area contributed by atoms with Crippen LogP contribution in [-0.2, 0) is 0 Å².